The molecule has 1 aliphatic carbocycles. The zero-order valence-corrected chi connectivity index (χ0v) is 13.4. The number of nitrogens with zero attached hydrogens (tertiary/aromatic N) is 1. The van der Waals surface area contributed by atoms with E-state index in [-0.39, 0.29) is 18.4 Å². The molecular formula is C18H17ClFNO2. The fraction of sp³-hybridized carbons (Fsp3) is 0.333. The number of benzene rings is 1. The van der Waals surface area contributed by atoms with Gasteiger partial charge >= 0.3 is 5.97 Å². The molecule has 0 saturated heterocycles. The van der Waals surface area contributed by atoms with Gasteiger partial charge in [-0.15, -0.1) is 0 Å². The Kier molecular flexibility index (Phi) is 4.62. The molecule has 1 saturated carbocycles. The number of hydrogen-bond acceptors (Lipinski definition) is 3. The van der Waals surface area contributed by atoms with Gasteiger partial charge in [0.05, 0.1) is 5.41 Å². The summed E-state index contributed by atoms with van der Waals surface area (Å²) >= 11 is 5.74. The number of rotatable bonds is 4. The summed E-state index contributed by atoms with van der Waals surface area (Å²) in [5.41, 5.74) is 0.742. The first-order valence-electron chi connectivity index (χ1n) is 7.64. The maximum atomic E-state index is 13.6. The summed E-state index contributed by atoms with van der Waals surface area (Å²) in [5, 5.41) is 0.395. The molecule has 1 heterocycles. The van der Waals surface area contributed by atoms with Gasteiger partial charge in [-0.3, -0.25) is 4.79 Å². The van der Waals surface area contributed by atoms with E-state index in [1.807, 2.05) is 0 Å². The molecule has 0 aliphatic heterocycles. The Bertz CT molecular complexity index is 696. The van der Waals surface area contributed by atoms with Crippen LogP contribution in [0.5, 0.6) is 0 Å². The molecule has 1 aromatic carbocycles. The van der Waals surface area contributed by atoms with Crippen molar-refractivity contribution in [1.82, 2.24) is 4.98 Å². The quantitative estimate of drug-likeness (QED) is 0.613. The van der Waals surface area contributed by atoms with Crippen molar-refractivity contribution in [2.75, 3.05) is 0 Å². The van der Waals surface area contributed by atoms with Crippen LogP contribution in [0, 0.1) is 5.82 Å². The summed E-state index contributed by atoms with van der Waals surface area (Å²) < 4.78 is 19.1. The molecule has 0 radical (unpaired) electrons. The van der Waals surface area contributed by atoms with Crippen molar-refractivity contribution in [2.24, 2.45) is 0 Å². The van der Waals surface area contributed by atoms with E-state index in [0.717, 1.165) is 18.4 Å². The second-order valence-corrected chi connectivity index (χ2v) is 6.25. The molecule has 23 heavy (non-hydrogen) atoms. The molecule has 0 bridgehead atoms. The van der Waals surface area contributed by atoms with E-state index in [2.05, 4.69) is 4.98 Å². The standard InChI is InChI=1S/C18H17ClFNO2/c19-16-7-6-13(11-21-16)12-23-17(22)18(8-1-2-9-18)14-4-3-5-15(20)10-14/h3-7,10-11H,1-2,8-9,12H2. The van der Waals surface area contributed by atoms with Crippen molar-refractivity contribution in [3.63, 3.8) is 0 Å². The van der Waals surface area contributed by atoms with Crippen LogP contribution in [0.2, 0.25) is 5.15 Å². The van der Waals surface area contributed by atoms with E-state index in [1.54, 1.807) is 30.5 Å². The fourth-order valence-corrected chi connectivity index (χ4v) is 3.27. The molecular weight excluding hydrogens is 317 g/mol. The zero-order chi connectivity index (χ0) is 16.3. The average molecular weight is 334 g/mol. The predicted octanol–water partition coefficient (Wildman–Crippen LogP) is 4.43. The maximum absolute atomic E-state index is 13.6. The lowest BCUT2D eigenvalue weighted by atomic mass is 9.79. The van der Waals surface area contributed by atoms with Crippen LogP contribution in [0.15, 0.2) is 42.6 Å². The number of hydrogen-bond donors (Lipinski definition) is 0. The molecule has 0 atom stereocenters. The van der Waals surface area contributed by atoms with Crippen molar-refractivity contribution >= 4 is 17.6 Å². The molecule has 5 heteroatoms. The van der Waals surface area contributed by atoms with Crippen LogP contribution < -0.4 is 0 Å². The number of esters is 1. The molecule has 2 aromatic rings. The third-order valence-corrected chi connectivity index (χ3v) is 4.61. The van der Waals surface area contributed by atoms with Crippen LogP contribution in [0.3, 0.4) is 0 Å². The molecule has 0 amide bonds. The zero-order valence-electron chi connectivity index (χ0n) is 12.6. The number of halogens is 2. The molecule has 0 unspecified atom stereocenters. The van der Waals surface area contributed by atoms with Crippen LogP contribution in [-0.2, 0) is 21.6 Å². The molecule has 0 spiro atoms. The minimum Gasteiger partial charge on any atom is -0.460 e. The first-order chi connectivity index (χ1) is 11.1. The van der Waals surface area contributed by atoms with Crippen LogP contribution in [0.4, 0.5) is 4.39 Å². The Morgan fingerprint density at radius 3 is 2.70 bits per heavy atom. The lowest BCUT2D eigenvalue weighted by Crippen LogP contribution is -2.34. The minimum absolute atomic E-state index is 0.139. The van der Waals surface area contributed by atoms with Crippen LogP contribution in [0.1, 0.15) is 36.8 Å². The van der Waals surface area contributed by atoms with Crippen LogP contribution >= 0.6 is 11.6 Å². The normalized spacial score (nSPS) is 16.3. The first-order valence-corrected chi connectivity index (χ1v) is 8.02. The Balaban J connectivity index is 1.78. The SMILES string of the molecule is O=C(OCc1ccc(Cl)nc1)C1(c2cccc(F)c2)CCCC1. The van der Waals surface area contributed by atoms with Gasteiger partial charge in [-0.1, -0.05) is 42.6 Å². The lowest BCUT2D eigenvalue weighted by Gasteiger charge is -2.27. The Morgan fingerprint density at radius 2 is 2.04 bits per heavy atom. The van der Waals surface area contributed by atoms with Crippen molar-refractivity contribution in [1.29, 1.82) is 0 Å². The van der Waals surface area contributed by atoms with E-state index in [1.165, 1.54) is 12.1 Å². The molecule has 1 aliphatic rings. The van der Waals surface area contributed by atoms with Gasteiger partial charge < -0.3 is 4.74 Å². The molecule has 3 rings (SSSR count). The highest BCUT2D eigenvalue weighted by molar-refractivity contribution is 6.29. The number of ether oxygens (including phenoxy) is 1. The molecule has 1 fully saturated rings. The summed E-state index contributed by atoms with van der Waals surface area (Å²) in [6.45, 7) is 0.139. The monoisotopic (exact) mass is 333 g/mol. The Morgan fingerprint density at radius 1 is 1.26 bits per heavy atom. The highest BCUT2D eigenvalue weighted by Crippen LogP contribution is 2.42. The molecule has 1 aromatic heterocycles. The summed E-state index contributed by atoms with van der Waals surface area (Å²) in [5.74, 6) is -0.626. The predicted molar refractivity (Wildman–Crippen MR) is 85.6 cm³/mol. The Labute approximate surface area is 139 Å². The number of pyridine rings is 1. The van der Waals surface area contributed by atoms with E-state index < -0.39 is 5.41 Å². The van der Waals surface area contributed by atoms with E-state index in [4.69, 9.17) is 16.3 Å². The van der Waals surface area contributed by atoms with Gasteiger partial charge in [-0.2, -0.15) is 0 Å². The molecule has 120 valence electrons. The maximum Gasteiger partial charge on any atom is 0.316 e. The largest absolute Gasteiger partial charge is 0.460 e. The van der Waals surface area contributed by atoms with Crippen LogP contribution in [-0.4, -0.2) is 11.0 Å². The van der Waals surface area contributed by atoms with Crippen molar-refractivity contribution in [3.8, 4) is 0 Å². The Hall–Kier alpha value is -1.94. The van der Waals surface area contributed by atoms with Gasteiger partial charge in [0.15, 0.2) is 0 Å². The van der Waals surface area contributed by atoms with E-state index >= 15 is 0 Å². The van der Waals surface area contributed by atoms with Gasteiger partial charge in [-0.05, 0) is 36.6 Å². The number of aromatic nitrogens is 1. The van der Waals surface area contributed by atoms with Gasteiger partial charge in [0.2, 0.25) is 0 Å². The molecule has 0 N–H and O–H groups in total. The second kappa shape index (κ2) is 6.67. The second-order valence-electron chi connectivity index (χ2n) is 5.86. The van der Waals surface area contributed by atoms with Gasteiger partial charge in [0, 0.05) is 11.8 Å². The highest BCUT2D eigenvalue weighted by atomic mass is 35.5. The number of carbonyl (C=O) groups is 1. The fourth-order valence-electron chi connectivity index (χ4n) is 3.15. The van der Waals surface area contributed by atoms with Crippen molar-refractivity contribution < 1.29 is 13.9 Å². The van der Waals surface area contributed by atoms with E-state index in [0.29, 0.717) is 23.6 Å². The number of carbonyl (C=O) groups excluding carboxylic acids is 1. The van der Waals surface area contributed by atoms with Gasteiger partial charge in [0.25, 0.3) is 0 Å². The average Bonchev–Trinajstić information content (AvgIpc) is 3.05. The summed E-state index contributed by atoms with van der Waals surface area (Å²) in [6.07, 6.45) is 4.84. The van der Waals surface area contributed by atoms with Gasteiger partial charge in [-0.25, -0.2) is 9.37 Å². The smallest absolute Gasteiger partial charge is 0.316 e. The third-order valence-electron chi connectivity index (χ3n) is 4.38. The van der Waals surface area contributed by atoms with Crippen LogP contribution in [0.25, 0.3) is 0 Å². The first kappa shape index (κ1) is 15.9. The van der Waals surface area contributed by atoms with E-state index in [9.17, 15) is 9.18 Å². The highest BCUT2D eigenvalue weighted by Gasteiger charge is 2.44. The minimum atomic E-state index is -0.734. The summed E-state index contributed by atoms with van der Waals surface area (Å²) in [7, 11) is 0. The third kappa shape index (κ3) is 3.37. The summed E-state index contributed by atoms with van der Waals surface area (Å²) in [4.78, 5) is 16.7. The van der Waals surface area contributed by atoms with Crippen molar-refractivity contribution in [3.05, 3.63) is 64.7 Å². The summed E-state index contributed by atoms with van der Waals surface area (Å²) in [6, 6.07) is 9.70. The molecule has 3 nitrogen and oxygen atoms in total. The van der Waals surface area contributed by atoms with Gasteiger partial charge in [0.1, 0.15) is 17.6 Å². The topological polar surface area (TPSA) is 39.2 Å². The lowest BCUT2D eigenvalue weighted by molar-refractivity contribution is -0.152. The van der Waals surface area contributed by atoms with Crippen molar-refractivity contribution in [2.45, 2.75) is 37.7 Å².